The summed E-state index contributed by atoms with van der Waals surface area (Å²) in [6, 6.07) is 17.4. The molecule has 45 heavy (non-hydrogen) atoms. The van der Waals surface area contributed by atoms with Crippen LogP contribution in [0.4, 0.5) is 9.59 Å². The van der Waals surface area contributed by atoms with Crippen LogP contribution in [-0.2, 0) is 41.0 Å². The number of amides is 1. The van der Waals surface area contributed by atoms with E-state index in [0.717, 1.165) is 46.4 Å². The molecule has 0 bridgehead atoms. The Morgan fingerprint density at radius 2 is 1.80 bits per heavy atom. The van der Waals surface area contributed by atoms with Crippen molar-refractivity contribution in [3.63, 3.8) is 0 Å². The fourth-order valence-corrected chi connectivity index (χ4v) is 5.80. The number of fused-ring (bicyclic) bond motifs is 3. The number of carbonyl (C=O) groups is 3. The molecule has 10 nitrogen and oxygen atoms in total. The molecule has 2 heterocycles. The number of hydrogen-bond donors (Lipinski definition) is 1. The summed E-state index contributed by atoms with van der Waals surface area (Å²) in [6.07, 6.45) is 3.74. The maximum Gasteiger partial charge on any atom is 0.512 e. The van der Waals surface area contributed by atoms with Crippen molar-refractivity contribution < 1.29 is 45.6 Å². The van der Waals surface area contributed by atoms with Crippen molar-refractivity contribution >= 4 is 28.9 Å². The predicted molar refractivity (Wildman–Crippen MR) is 164 cm³/mol. The second kappa shape index (κ2) is 14.2. The van der Waals surface area contributed by atoms with Crippen molar-refractivity contribution in [2.75, 3.05) is 6.54 Å². The van der Waals surface area contributed by atoms with Gasteiger partial charge in [0.2, 0.25) is 6.73 Å². The highest BCUT2D eigenvalue weighted by molar-refractivity contribution is 6.11. The Balaban J connectivity index is 0.00000461. The molecule has 1 N–H and O–H groups in total. The lowest BCUT2D eigenvalue weighted by Gasteiger charge is -2.21. The minimum absolute atomic E-state index is 0. The first-order chi connectivity index (χ1) is 21.0. The Labute approximate surface area is 269 Å². The van der Waals surface area contributed by atoms with Gasteiger partial charge in [0, 0.05) is 49.1 Å². The number of halogens is 1. The van der Waals surface area contributed by atoms with Crippen LogP contribution in [0.2, 0.25) is 0 Å². The van der Waals surface area contributed by atoms with Gasteiger partial charge in [0.1, 0.15) is 30.6 Å². The first kappa shape index (κ1) is 33.6. The van der Waals surface area contributed by atoms with Gasteiger partial charge in [-0.05, 0) is 45.2 Å². The van der Waals surface area contributed by atoms with Gasteiger partial charge in [-0.2, -0.15) is 4.57 Å². The monoisotopic (exact) mass is 636 g/mol. The van der Waals surface area contributed by atoms with Gasteiger partial charge in [0.15, 0.2) is 5.78 Å². The zero-order chi connectivity index (χ0) is 31.4. The van der Waals surface area contributed by atoms with Crippen molar-refractivity contribution in [3.05, 3.63) is 89.6 Å². The molecule has 1 aliphatic rings. The van der Waals surface area contributed by atoms with Gasteiger partial charge in [-0.15, -0.1) is 0 Å². The highest BCUT2D eigenvalue weighted by Crippen LogP contribution is 2.34. The molecule has 5 rings (SSSR count). The van der Waals surface area contributed by atoms with Gasteiger partial charge in [-0.3, -0.25) is 4.79 Å². The molecule has 0 saturated carbocycles. The summed E-state index contributed by atoms with van der Waals surface area (Å²) in [4.78, 5) is 38.4. The molecule has 0 fully saturated rings. The number of imidazole rings is 1. The number of alkyl carbamates (subject to hydrolysis) is 1. The number of para-hydroxylation sites is 1. The lowest BCUT2D eigenvalue weighted by Crippen LogP contribution is -3.00. The molecule has 240 valence electrons. The smallest absolute Gasteiger partial charge is 0.512 e. The number of ether oxygens (including phenoxy) is 3. The van der Waals surface area contributed by atoms with E-state index in [1.807, 2.05) is 79.5 Å². The fourth-order valence-electron chi connectivity index (χ4n) is 5.80. The van der Waals surface area contributed by atoms with Crippen molar-refractivity contribution in [2.45, 2.75) is 71.9 Å². The first-order valence-corrected chi connectivity index (χ1v) is 15.0. The van der Waals surface area contributed by atoms with E-state index in [1.54, 1.807) is 25.3 Å². The summed E-state index contributed by atoms with van der Waals surface area (Å²) in [6.45, 7) is 8.07. The third kappa shape index (κ3) is 7.86. The lowest BCUT2D eigenvalue weighted by molar-refractivity contribution is -0.732. The van der Waals surface area contributed by atoms with Crippen LogP contribution >= 0.6 is 0 Å². The molecular weight excluding hydrogens is 596 g/mol. The Bertz CT molecular complexity index is 1660. The number of hydrogen-bond acceptors (Lipinski definition) is 6. The van der Waals surface area contributed by atoms with E-state index in [4.69, 9.17) is 14.2 Å². The van der Waals surface area contributed by atoms with Gasteiger partial charge in [-0.25, -0.2) is 14.2 Å². The Kier molecular flexibility index (Phi) is 10.6. The predicted octanol–water partition coefficient (Wildman–Crippen LogP) is 2.79. The summed E-state index contributed by atoms with van der Waals surface area (Å²) in [7, 11) is 2.03. The SMILES string of the molecule is Cc1n(CC2CCc3c(c4ccccc4n3C)C2=O)cc[n+]1COC(=O)OC(CCNC(=O)OC(C)(C)C)c1ccccc1.[Cl-]. The zero-order valence-corrected chi connectivity index (χ0v) is 27.2. The average Bonchev–Trinajstić information content (AvgIpc) is 3.48. The van der Waals surface area contributed by atoms with E-state index in [0.29, 0.717) is 13.0 Å². The quantitative estimate of drug-likeness (QED) is 0.224. The van der Waals surface area contributed by atoms with Gasteiger partial charge < -0.3 is 36.5 Å². The molecule has 2 atom stereocenters. The van der Waals surface area contributed by atoms with Gasteiger partial charge in [0.05, 0.1) is 5.92 Å². The van der Waals surface area contributed by atoms with Crippen LogP contribution in [0.1, 0.15) is 67.2 Å². The molecule has 2 aromatic carbocycles. The van der Waals surface area contributed by atoms with Crippen LogP contribution in [0.5, 0.6) is 0 Å². The third-order valence-corrected chi connectivity index (χ3v) is 8.06. The van der Waals surface area contributed by atoms with Crippen LogP contribution in [0.3, 0.4) is 0 Å². The second-order valence-corrected chi connectivity index (χ2v) is 12.2. The van der Waals surface area contributed by atoms with Crippen molar-refractivity contribution in [1.29, 1.82) is 0 Å². The van der Waals surface area contributed by atoms with E-state index < -0.39 is 24.0 Å². The Morgan fingerprint density at radius 1 is 1.09 bits per heavy atom. The topological polar surface area (TPSA) is 105 Å². The van der Waals surface area contributed by atoms with Crippen LogP contribution in [0.15, 0.2) is 67.0 Å². The highest BCUT2D eigenvalue weighted by atomic mass is 35.5. The number of Topliss-reactive ketones (excluding diaryl/α,β-unsaturated/α-hetero) is 1. The zero-order valence-electron chi connectivity index (χ0n) is 26.4. The minimum Gasteiger partial charge on any atom is -1.00 e. The summed E-state index contributed by atoms with van der Waals surface area (Å²) in [5, 5.41) is 3.72. The molecule has 0 saturated heterocycles. The molecule has 4 aromatic rings. The summed E-state index contributed by atoms with van der Waals surface area (Å²) in [5.74, 6) is 0.894. The Hall–Kier alpha value is -4.31. The van der Waals surface area contributed by atoms with Crippen LogP contribution < -0.4 is 22.3 Å². The van der Waals surface area contributed by atoms with Gasteiger partial charge in [-0.1, -0.05) is 48.5 Å². The molecule has 2 unspecified atom stereocenters. The van der Waals surface area contributed by atoms with E-state index in [-0.39, 0.29) is 37.4 Å². The van der Waals surface area contributed by atoms with Crippen LogP contribution in [0.25, 0.3) is 10.9 Å². The Morgan fingerprint density at radius 3 is 2.53 bits per heavy atom. The number of aryl methyl sites for hydroxylation is 1. The van der Waals surface area contributed by atoms with E-state index in [2.05, 4.69) is 16.0 Å². The normalized spacial score (nSPS) is 15.1. The summed E-state index contributed by atoms with van der Waals surface area (Å²) < 4.78 is 22.4. The average molecular weight is 637 g/mol. The minimum atomic E-state index is -0.818. The van der Waals surface area contributed by atoms with Gasteiger partial charge >= 0.3 is 12.2 Å². The number of ketones is 1. The highest BCUT2D eigenvalue weighted by Gasteiger charge is 2.34. The largest absolute Gasteiger partial charge is 1.00 e. The van der Waals surface area contributed by atoms with Gasteiger partial charge in [0.25, 0.3) is 5.82 Å². The van der Waals surface area contributed by atoms with E-state index >= 15 is 0 Å². The number of carbonyl (C=O) groups excluding carboxylic acids is 3. The number of rotatable bonds is 9. The van der Waals surface area contributed by atoms with Crippen LogP contribution in [-0.4, -0.2) is 39.3 Å². The molecular formula is C34H41ClN4O6. The van der Waals surface area contributed by atoms with Crippen molar-refractivity contribution in [3.8, 4) is 0 Å². The van der Waals surface area contributed by atoms with E-state index in [1.165, 1.54) is 0 Å². The molecule has 0 aliphatic heterocycles. The molecule has 0 radical (unpaired) electrons. The van der Waals surface area contributed by atoms with Crippen molar-refractivity contribution in [1.82, 2.24) is 14.5 Å². The fraction of sp³-hybridized carbons (Fsp3) is 0.412. The summed E-state index contributed by atoms with van der Waals surface area (Å²) in [5.41, 5.74) is 3.21. The maximum absolute atomic E-state index is 13.6. The summed E-state index contributed by atoms with van der Waals surface area (Å²) >= 11 is 0. The third-order valence-electron chi connectivity index (χ3n) is 8.06. The molecule has 2 aromatic heterocycles. The van der Waals surface area contributed by atoms with E-state index in [9.17, 15) is 14.4 Å². The number of nitrogens with one attached hydrogen (secondary N) is 1. The lowest BCUT2D eigenvalue weighted by atomic mass is 9.85. The number of nitrogens with zero attached hydrogens (tertiary/aromatic N) is 3. The standard InChI is InChI=1S/C34H40N4O6.ClH/c1-23-37(21-25-15-16-28-30(31(25)39)26-13-9-10-14-27(26)36(28)5)19-20-38(23)22-42-33(41)43-29(24-11-7-6-8-12-24)17-18-35-32(40)44-34(2,3)4;/h6-14,19-20,25,29H,15-18,21-22H2,1-5H3;1H. The van der Waals surface area contributed by atoms with Crippen LogP contribution in [0, 0.1) is 12.8 Å². The first-order valence-electron chi connectivity index (χ1n) is 15.0. The molecule has 11 heteroatoms. The number of benzene rings is 2. The second-order valence-electron chi connectivity index (χ2n) is 12.2. The molecule has 1 amide bonds. The molecule has 0 spiro atoms. The van der Waals surface area contributed by atoms with Crippen molar-refractivity contribution in [2.24, 2.45) is 13.0 Å². The maximum atomic E-state index is 13.6. The number of aromatic nitrogens is 3. The molecule has 1 aliphatic carbocycles.